The standard InChI is InChI=1S/C15H30N2O/c1-6-10-12(8-3)17-13(11-7-2)16-15(5,9-4)14(17)18/h12-13,16H,6-11H2,1-5H3. The van der Waals surface area contributed by atoms with Crippen molar-refractivity contribution in [3.05, 3.63) is 0 Å². The van der Waals surface area contributed by atoms with Gasteiger partial charge in [-0.25, -0.2) is 0 Å². The van der Waals surface area contributed by atoms with E-state index < -0.39 is 0 Å². The molecular formula is C15H30N2O. The van der Waals surface area contributed by atoms with E-state index >= 15 is 0 Å². The molecule has 1 aliphatic heterocycles. The average Bonchev–Trinajstić information content (AvgIpc) is 2.61. The van der Waals surface area contributed by atoms with Crippen molar-refractivity contribution in [3.63, 3.8) is 0 Å². The second-order valence-electron chi connectivity index (χ2n) is 5.70. The number of hydrogen-bond donors (Lipinski definition) is 1. The van der Waals surface area contributed by atoms with Gasteiger partial charge in [0.05, 0.1) is 11.7 Å². The molecule has 0 aliphatic carbocycles. The van der Waals surface area contributed by atoms with Crippen LogP contribution in [0.15, 0.2) is 0 Å². The third-order valence-corrected chi connectivity index (χ3v) is 4.28. The third kappa shape index (κ3) is 2.87. The van der Waals surface area contributed by atoms with Crippen LogP contribution in [-0.2, 0) is 4.79 Å². The highest BCUT2D eigenvalue weighted by atomic mass is 16.2. The molecule has 3 heteroatoms. The second-order valence-corrected chi connectivity index (χ2v) is 5.70. The maximum Gasteiger partial charge on any atom is 0.244 e. The minimum absolute atomic E-state index is 0.240. The lowest BCUT2D eigenvalue weighted by molar-refractivity contribution is -0.135. The number of amides is 1. The molecule has 0 aromatic carbocycles. The van der Waals surface area contributed by atoms with Gasteiger partial charge < -0.3 is 4.90 Å². The van der Waals surface area contributed by atoms with Crippen molar-refractivity contribution in [2.75, 3.05) is 0 Å². The molecule has 3 unspecified atom stereocenters. The molecule has 3 atom stereocenters. The van der Waals surface area contributed by atoms with E-state index in [0.717, 1.165) is 38.5 Å². The summed E-state index contributed by atoms with van der Waals surface area (Å²) in [6.45, 7) is 10.7. The van der Waals surface area contributed by atoms with E-state index in [1.165, 1.54) is 0 Å². The molecule has 0 aromatic rings. The van der Waals surface area contributed by atoms with Crippen molar-refractivity contribution < 1.29 is 4.79 Å². The fourth-order valence-corrected chi connectivity index (χ4v) is 2.96. The van der Waals surface area contributed by atoms with E-state index in [4.69, 9.17) is 0 Å². The summed E-state index contributed by atoms with van der Waals surface area (Å²) in [5.41, 5.74) is -0.346. The summed E-state index contributed by atoms with van der Waals surface area (Å²) in [5.74, 6) is 0.309. The van der Waals surface area contributed by atoms with E-state index in [1.54, 1.807) is 0 Å². The van der Waals surface area contributed by atoms with Crippen LogP contribution in [0.25, 0.3) is 0 Å². The van der Waals surface area contributed by atoms with Gasteiger partial charge in [0, 0.05) is 6.04 Å². The van der Waals surface area contributed by atoms with E-state index in [2.05, 4.69) is 44.8 Å². The lowest BCUT2D eigenvalue weighted by atomic mass is 9.98. The summed E-state index contributed by atoms with van der Waals surface area (Å²) in [6.07, 6.45) is 6.59. The zero-order valence-electron chi connectivity index (χ0n) is 12.8. The molecule has 0 bridgehead atoms. The smallest absolute Gasteiger partial charge is 0.244 e. The maximum absolute atomic E-state index is 12.7. The first kappa shape index (κ1) is 15.5. The van der Waals surface area contributed by atoms with Crippen molar-refractivity contribution in [1.82, 2.24) is 10.2 Å². The van der Waals surface area contributed by atoms with Gasteiger partial charge in [-0.1, -0.05) is 40.5 Å². The lowest BCUT2D eigenvalue weighted by Gasteiger charge is -2.32. The molecule has 1 heterocycles. The molecule has 0 aromatic heterocycles. The highest BCUT2D eigenvalue weighted by Crippen LogP contribution is 2.29. The number of nitrogens with one attached hydrogen (secondary N) is 1. The predicted molar refractivity (Wildman–Crippen MR) is 76.4 cm³/mol. The fourth-order valence-electron chi connectivity index (χ4n) is 2.96. The number of carbonyl (C=O) groups excluding carboxylic acids is 1. The molecule has 18 heavy (non-hydrogen) atoms. The van der Waals surface area contributed by atoms with Crippen LogP contribution >= 0.6 is 0 Å². The molecule has 0 spiro atoms. The van der Waals surface area contributed by atoms with Gasteiger partial charge in [0.2, 0.25) is 5.91 Å². The molecule has 1 saturated heterocycles. The molecule has 3 nitrogen and oxygen atoms in total. The van der Waals surface area contributed by atoms with Gasteiger partial charge in [0.15, 0.2) is 0 Å². The Kier molecular flexibility index (Phi) is 5.64. The Morgan fingerprint density at radius 3 is 2.39 bits per heavy atom. The first-order chi connectivity index (χ1) is 8.53. The highest BCUT2D eigenvalue weighted by molar-refractivity contribution is 5.88. The van der Waals surface area contributed by atoms with Crippen LogP contribution in [-0.4, -0.2) is 28.6 Å². The molecule has 1 aliphatic rings. The van der Waals surface area contributed by atoms with Crippen LogP contribution in [0.5, 0.6) is 0 Å². The number of hydrogen-bond acceptors (Lipinski definition) is 2. The fraction of sp³-hybridized carbons (Fsp3) is 0.933. The Bertz CT molecular complexity index is 280. The van der Waals surface area contributed by atoms with Crippen LogP contribution in [0.4, 0.5) is 0 Å². The van der Waals surface area contributed by atoms with E-state index in [-0.39, 0.29) is 11.7 Å². The third-order valence-electron chi connectivity index (χ3n) is 4.28. The molecule has 1 fully saturated rings. The summed E-state index contributed by atoms with van der Waals surface area (Å²) >= 11 is 0. The Hall–Kier alpha value is -0.570. The van der Waals surface area contributed by atoms with Crippen molar-refractivity contribution in [1.29, 1.82) is 0 Å². The summed E-state index contributed by atoms with van der Waals surface area (Å²) < 4.78 is 0. The van der Waals surface area contributed by atoms with Gasteiger partial charge in [0.25, 0.3) is 0 Å². The molecule has 0 radical (unpaired) electrons. The molecule has 1 amide bonds. The summed E-state index contributed by atoms with van der Waals surface area (Å²) in [7, 11) is 0. The van der Waals surface area contributed by atoms with Gasteiger partial charge in [-0.3, -0.25) is 10.1 Å². The lowest BCUT2D eigenvalue weighted by Crippen LogP contribution is -2.45. The van der Waals surface area contributed by atoms with Crippen molar-refractivity contribution in [2.24, 2.45) is 0 Å². The zero-order valence-corrected chi connectivity index (χ0v) is 12.8. The van der Waals surface area contributed by atoms with E-state index in [9.17, 15) is 4.79 Å². The number of rotatable bonds is 7. The molecule has 106 valence electrons. The monoisotopic (exact) mass is 254 g/mol. The van der Waals surface area contributed by atoms with Gasteiger partial charge in [-0.15, -0.1) is 0 Å². The second kappa shape index (κ2) is 6.55. The Morgan fingerprint density at radius 2 is 1.94 bits per heavy atom. The first-order valence-corrected chi connectivity index (χ1v) is 7.64. The highest BCUT2D eigenvalue weighted by Gasteiger charge is 2.47. The minimum atomic E-state index is -0.346. The van der Waals surface area contributed by atoms with Crippen LogP contribution in [0, 0.1) is 0 Å². The maximum atomic E-state index is 12.7. The number of carbonyl (C=O) groups is 1. The predicted octanol–water partition coefficient (Wildman–Crippen LogP) is 3.29. The first-order valence-electron chi connectivity index (χ1n) is 7.64. The van der Waals surface area contributed by atoms with E-state index in [1.807, 2.05) is 0 Å². The molecule has 1 N–H and O–H groups in total. The summed E-state index contributed by atoms with van der Waals surface area (Å²) in [4.78, 5) is 14.8. The largest absolute Gasteiger partial charge is 0.323 e. The van der Waals surface area contributed by atoms with Crippen molar-refractivity contribution in [3.8, 4) is 0 Å². The van der Waals surface area contributed by atoms with Crippen LogP contribution < -0.4 is 5.32 Å². The van der Waals surface area contributed by atoms with Gasteiger partial charge >= 0.3 is 0 Å². The van der Waals surface area contributed by atoms with Crippen LogP contribution in [0.2, 0.25) is 0 Å². The van der Waals surface area contributed by atoms with E-state index in [0.29, 0.717) is 11.9 Å². The SMILES string of the molecule is CCCC(CC)N1C(=O)C(C)(CC)NC1CCC. The summed E-state index contributed by atoms with van der Waals surface area (Å²) in [5, 5.41) is 3.57. The van der Waals surface area contributed by atoms with Crippen molar-refractivity contribution >= 4 is 5.91 Å². The normalized spacial score (nSPS) is 29.9. The van der Waals surface area contributed by atoms with Crippen molar-refractivity contribution in [2.45, 2.75) is 90.9 Å². The topological polar surface area (TPSA) is 32.3 Å². The Labute approximate surface area is 112 Å². The van der Waals surface area contributed by atoms with Gasteiger partial charge in [-0.05, 0) is 32.6 Å². The molecular weight excluding hydrogens is 224 g/mol. The minimum Gasteiger partial charge on any atom is -0.323 e. The zero-order chi connectivity index (χ0) is 13.8. The molecule has 0 saturated carbocycles. The Morgan fingerprint density at radius 1 is 1.28 bits per heavy atom. The summed E-state index contributed by atoms with van der Waals surface area (Å²) in [6, 6.07) is 0.403. The van der Waals surface area contributed by atoms with Crippen LogP contribution in [0.3, 0.4) is 0 Å². The number of nitrogens with zero attached hydrogens (tertiary/aromatic N) is 1. The molecule has 1 rings (SSSR count). The Balaban J connectivity index is 2.92. The van der Waals surface area contributed by atoms with Gasteiger partial charge in [0.1, 0.15) is 0 Å². The van der Waals surface area contributed by atoms with Gasteiger partial charge in [-0.2, -0.15) is 0 Å². The van der Waals surface area contributed by atoms with Crippen LogP contribution in [0.1, 0.15) is 73.1 Å². The quantitative estimate of drug-likeness (QED) is 0.756. The average molecular weight is 254 g/mol.